The molecule has 0 saturated heterocycles. The molecule has 28 heavy (non-hydrogen) atoms. The Labute approximate surface area is 164 Å². The van der Waals surface area contributed by atoms with Crippen LogP contribution in [0.4, 0.5) is 10.2 Å². The summed E-state index contributed by atoms with van der Waals surface area (Å²) in [7, 11) is 0. The summed E-state index contributed by atoms with van der Waals surface area (Å²) in [5, 5.41) is 8.97. The number of halogens is 1. The van der Waals surface area contributed by atoms with Crippen molar-refractivity contribution in [2.24, 2.45) is 0 Å². The van der Waals surface area contributed by atoms with Crippen LogP contribution in [0.5, 0.6) is 0 Å². The summed E-state index contributed by atoms with van der Waals surface area (Å²) in [4.78, 5) is 25.5. The number of fused-ring (bicyclic) bond motifs is 1. The number of nitrogens with one attached hydrogen (secondary N) is 2. The number of pyridine rings is 1. The molecule has 0 unspecified atom stereocenters. The number of carbonyl (C=O) groups excluding carboxylic acids is 1. The fraction of sp³-hybridized carbons (Fsp3) is 0.100. The van der Waals surface area contributed by atoms with Gasteiger partial charge >= 0.3 is 0 Å². The summed E-state index contributed by atoms with van der Waals surface area (Å²) in [6, 6.07) is 9.78. The Balaban J connectivity index is 1.47. The summed E-state index contributed by atoms with van der Waals surface area (Å²) < 4.78 is 13.2. The lowest BCUT2D eigenvalue weighted by Crippen LogP contribution is -2.29. The number of carbonyl (C=O) groups is 1. The van der Waals surface area contributed by atoms with Crippen molar-refractivity contribution in [2.45, 2.75) is 0 Å². The molecule has 6 nitrogen and oxygen atoms in total. The van der Waals surface area contributed by atoms with Crippen LogP contribution in [0.2, 0.25) is 0 Å². The van der Waals surface area contributed by atoms with Crippen molar-refractivity contribution < 1.29 is 9.18 Å². The summed E-state index contributed by atoms with van der Waals surface area (Å²) in [5.74, 6) is 0.230. The first-order valence-electron chi connectivity index (χ1n) is 8.62. The van der Waals surface area contributed by atoms with Crippen LogP contribution in [0.1, 0.15) is 10.4 Å². The van der Waals surface area contributed by atoms with Gasteiger partial charge < -0.3 is 10.6 Å². The molecular formula is C20H16FN5OS. The monoisotopic (exact) mass is 393 g/mol. The van der Waals surface area contributed by atoms with Crippen molar-refractivity contribution in [1.29, 1.82) is 0 Å². The highest BCUT2D eigenvalue weighted by atomic mass is 32.1. The van der Waals surface area contributed by atoms with Crippen LogP contribution in [0.15, 0.2) is 60.5 Å². The fourth-order valence-electron chi connectivity index (χ4n) is 2.81. The van der Waals surface area contributed by atoms with Gasteiger partial charge in [-0.25, -0.2) is 14.4 Å². The second kappa shape index (κ2) is 8.10. The van der Waals surface area contributed by atoms with Gasteiger partial charge in [-0.2, -0.15) is 0 Å². The van der Waals surface area contributed by atoms with Gasteiger partial charge in [0.15, 0.2) is 0 Å². The quantitative estimate of drug-likeness (QED) is 0.488. The number of amides is 1. The molecule has 0 aliphatic carbocycles. The van der Waals surface area contributed by atoms with Gasteiger partial charge in [0.2, 0.25) is 0 Å². The topological polar surface area (TPSA) is 79.8 Å². The molecule has 0 radical (unpaired) electrons. The van der Waals surface area contributed by atoms with E-state index < -0.39 is 0 Å². The van der Waals surface area contributed by atoms with Crippen molar-refractivity contribution in [2.75, 3.05) is 18.4 Å². The van der Waals surface area contributed by atoms with E-state index in [1.165, 1.54) is 36.0 Å². The number of anilines is 1. The van der Waals surface area contributed by atoms with E-state index in [-0.39, 0.29) is 11.7 Å². The molecule has 1 amide bonds. The maximum atomic E-state index is 13.2. The maximum Gasteiger partial charge on any atom is 0.252 e. The first-order chi connectivity index (χ1) is 13.7. The lowest BCUT2D eigenvalue weighted by atomic mass is 10.1. The number of thiophene rings is 1. The standard InChI is InChI=1S/C20H16FN5OS/c21-15-5-3-13(4-6-15)16-11-28-20-17(16)18(25-12-26-20)23-8-9-24-19(27)14-2-1-7-22-10-14/h1-7,10-12H,8-9H2,(H,24,27)(H,23,25,26). The number of hydrogen-bond acceptors (Lipinski definition) is 6. The molecule has 1 aromatic carbocycles. The summed E-state index contributed by atoms with van der Waals surface area (Å²) in [6.45, 7) is 0.923. The molecular weight excluding hydrogens is 377 g/mol. The van der Waals surface area contributed by atoms with E-state index in [0.717, 1.165) is 21.3 Å². The summed E-state index contributed by atoms with van der Waals surface area (Å²) >= 11 is 1.51. The van der Waals surface area contributed by atoms with Gasteiger partial charge in [0.25, 0.3) is 5.91 Å². The first kappa shape index (κ1) is 18.0. The third-order valence-corrected chi connectivity index (χ3v) is 5.04. The Morgan fingerprint density at radius 3 is 2.75 bits per heavy atom. The zero-order valence-corrected chi connectivity index (χ0v) is 15.5. The SMILES string of the molecule is O=C(NCCNc1ncnc2scc(-c3ccc(F)cc3)c12)c1cccnc1. The lowest BCUT2D eigenvalue weighted by molar-refractivity contribution is 0.0955. The predicted molar refractivity (Wildman–Crippen MR) is 108 cm³/mol. The minimum Gasteiger partial charge on any atom is -0.368 e. The van der Waals surface area contributed by atoms with E-state index in [1.54, 1.807) is 30.5 Å². The zero-order chi connectivity index (χ0) is 19.3. The summed E-state index contributed by atoms with van der Waals surface area (Å²) in [5.41, 5.74) is 2.36. The van der Waals surface area contributed by atoms with Crippen LogP contribution in [-0.2, 0) is 0 Å². The molecule has 0 fully saturated rings. The molecule has 3 aromatic heterocycles. The molecule has 3 heterocycles. The van der Waals surface area contributed by atoms with Gasteiger partial charge in [-0.15, -0.1) is 11.3 Å². The second-order valence-corrected chi connectivity index (χ2v) is 6.84. The van der Waals surface area contributed by atoms with Gasteiger partial charge in [0, 0.05) is 36.4 Å². The van der Waals surface area contributed by atoms with Crippen LogP contribution < -0.4 is 10.6 Å². The maximum absolute atomic E-state index is 13.2. The minimum atomic E-state index is -0.276. The fourth-order valence-corrected chi connectivity index (χ4v) is 3.72. The molecule has 8 heteroatoms. The van der Waals surface area contributed by atoms with Crippen molar-refractivity contribution in [3.63, 3.8) is 0 Å². The molecule has 140 valence electrons. The molecule has 4 rings (SSSR count). The highest BCUT2D eigenvalue weighted by Crippen LogP contribution is 2.36. The highest BCUT2D eigenvalue weighted by Gasteiger charge is 2.13. The van der Waals surface area contributed by atoms with Gasteiger partial charge in [-0.3, -0.25) is 9.78 Å². The molecule has 0 spiro atoms. The van der Waals surface area contributed by atoms with Crippen molar-refractivity contribution >= 4 is 33.3 Å². The number of aromatic nitrogens is 3. The number of nitrogens with zero attached hydrogens (tertiary/aromatic N) is 3. The van der Waals surface area contributed by atoms with Gasteiger partial charge in [-0.05, 0) is 29.8 Å². The molecule has 4 aromatic rings. The highest BCUT2D eigenvalue weighted by molar-refractivity contribution is 7.17. The van der Waals surface area contributed by atoms with E-state index in [0.29, 0.717) is 24.5 Å². The Morgan fingerprint density at radius 2 is 1.96 bits per heavy atom. The predicted octanol–water partition coefficient (Wildman–Crippen LogP) is 3.73. The van der Waals surface area contributed by atoms with E-state index in [4.69, 9.17) is 0 Å². The number of benzene rings is 1. The average Bonchev–Trinajstić information content (AvgIpc) is 3.17. The Kier molecular flexibility index (Phi) is 5.20. The molecule has 2 N–H and O–H groups in total. The van der Waals surface area contributed by atoms with E-state index in [1.807, 2.05) is 5.38 Å². The Morgan fingerprint density at radius 1 is 1.11 bits per heavy atom. The average molecular weight is 393 g/mol. The van der Waals surface area contributed by atoms with E-state index in [2.05, 4.69) is 25.6 Å². The third-order valence-electron chi connectivity index (χ3n) is 4.15. The third kappa shape index (κ3) is 3.81. The van der Waals surface area contributed by atoms with Crippen LogP contribution in [0, 0.1) is 5.82 Å². The first-order valence-corrected chi connectivity index (χ1v) is 9.50. The number of hydrogen-bond donors (Lipinski definition) is 2. The second-order valence-electron chi connectivity index (χ2n) is 5.98. The van der Waals surface area contributed by atoms with Gasteiger partial charge in [0.05, 0.1) is 10.9 Å². The summed E-state index contributed by atoms with van der Waals surface area (Å²) in [6.07, 6.45) is 4.65. The van der Waals surface area contributed by atoms with Gasteiger partial charge in [0.1, 0.15) is 22.8 Å². The smallest absolute Gasteiger partial charge is 0.252 e. The minimum absolute atomic E-state index is 0.176. The molecule has 0 saturated carbocycles. The van der Waals surface area contributed by atoms with Crippen molar-refractivity contribution in [1.82, 2.24) is 20.3 Å². The van der Waals surface area contributed by atoms with Crippen LogP contribution >= 0.6 is 11.3 Å². The molecule has 0 aliphatic rings. The molecule has 0 bridgehead atoms. The van der Waals surface area contributed by atoms with Gasteiger partial charge in [-0.1, -0.05) is 12.1 Å². The lowest BCUT2D eigenvalue weighted by Gasteiger charge is -2.09. The Hall–Kier alpha value is -3.39. The van der Waals surface area contributed by atoms with Crippen molar-refractivity contribution in [3.05, 3.63) is 71.9 Å². The Bertz CT molecular complexity index is 1100. The van der Waals surface area contributed by atoms with Crippen molar-refractivity contribution in [3.8, 4) is 11.1 Å². The van der Waals surface area contributed by atoms with E-state index >= 15 is 0 Å². The van der Waals surface area contributed by atoms with Crippen LogP contribution in [0.3, 0.4) is 0 Å². The molecule has 0 atom stereocenters. The van der Waals surface area contributed by atoms with Crippen LogP contribution in [0.25, 0.3) is 21.3 Å². The normalized spacial score (nSPS) is 10.8. The molecule has 0 aliphatic heterocycles. The zero-order valence-electron chi connectivity index (χ0n) is 14.7. The number of rotatable bonds is 6. The van der Waals surface area contributed by atoms with Crippen LogP contribution in [-0.4, -0.2) is 33.9 Å². The van der Waals surface area contributed by atoms with E-state index in [9.17, 15) is 9.18 Å². The largest absolute Gasteiger partial charge is 0.368 e.